The molecule has 10 nitrogen and oxygen atoms in total. The van der Waals surface area contributed by atoms with E-state index in [0.717, 1.165) is 0 Å². The van der Waals surface area contributed by atoms with Crippen molar-refractivity contribution in [2.45, 2.75) is 44.3 Å². The summed E-state index contributed by atoms with van der Waals surface area (Å²) in [5.74, 6) is -0.841. The van der Waals surface area contributed by atoms with Crippen LogP contribution in [0.1, 0.15) is 31.7 Å². The Kier molecular flexibility index (Phi) is 6.06. The van der Waals surface area contributed by atoms with Crippen LogP contribution in [0.4, 0.5) is 10.5 Å². The first kappa shape index (κ1) is 20.6. The summed E-state index contributed by atoms with van der Waals surface area (Å²) >= 11 is 1.18. The van der Waals surface area contributed by atoms with Crippen LogP contribution >= 0.6 is 11.8 Å². The molecule has 0 bridgehead atoms. The molecule has 2 amide bonds. The third kappa shape index (κ3) is 4.50. The lowest BCUT2D eigenvalue weighted by atomic mass is 10.0. The first-order valence-corrected chi connectivity index (χ1v) is 9.76. The number of non-ortho nitro benzene ring substituents is 1. The second-order valence-corrected chi connectivity index (χ2v) is 7.74. The van der Waals surface area contributed by atoms with E-state index in [1.54, 1.807) is 0 Å². The van der Waals surface area contributed by atoms with Gasteiger partial charge in [0.1, 0.15) is 12.3 Å². The normalized spacial score (nSPS) is 18.7. The zero-order valence-electron chi connectivity index (χ0n) is 15.5. The minimum Gasteiger partial charge on any atom is -0.456 e. The zero-order chi connectivity index (χ0) is 21.1. The number of primary amides is 1. The van der Waals surface area contributed by atoms with Crippen LogP contribution in [0.5, 0.6) is 0 Å². The van der Waals surface area contributed by atoms with Crippen LogP contribution in [-0.2, 0) is 25.7 Å². The number of hydrogen-bond donors (Lipinski definition) is 1. The molecule has 0 spiro atoms. The number of carbonyl (C=O) groups excluding carboxylic acids is 3. The number of fused-ring (bicyclic) bond motifs is 1. The summed E-state index contributed by atoms with van der Waals surface area (Å²) in [5.41, 5.74) is 5.17. The van der Waals surface area contributed by atoms with Crippen LogP contribution in [0.25, 0.3) is 0 Å². The number of esters is 1. The molecule has 2 atom stereocenters. The Balaban J connectivity index is 1.72. The van der Waals surface area contributed by atoms with Gasteiger partial charge in [-0.05, 0) is 24.1 Å². The number of nitrogens with two attached hydrogens (primary N) is 1. The number of amides is 2. The van der Waals surface area contributed by atoms with Crippen LogP contribution in [0, 0.1) is 10.1 Å². The second-order valence-electron chi connectivity index (χ2n) is 6.49. The molecule has 3 rings (SSSR count). The predicted molar refractivity (Wildman–Crippen MR) is 102 cm³/mol. The molecule has 1 aromatic rings. The molecular formula is C18H19N3O7S. The average Bonchev–Trinajstić information content (AvgIpc) is 2.97. The molecule has 0 radical (unpaired) electrons. The van der Waals surface area contributed by atoms with Gasteiger partial charge >= 0.3 is 12.1 Å². The molecule has 1 saturated heterocycles. The van der Waals surface area contributed by atoms with Gasteiger partial charge < -0.3 is 20.1 Å². The molecule has 0 aliphatic carbocycles. The number of hydrogen-bond acceptors (Lipinski definition) is 8. The molecule has 0 saturated carbocycles. The van der Waals surface area contributed by atoms with Crippen molar-refractivity contribution in [1.82, 2.24) is 4.90 Å². The number of ether oxygens (including phenoxy) is 2. The lowest BCUT2D eigenvalue weighted by molar-refractivity contribution is -0.384. The standard InChI is InChI=1S/C18H19N3O7S/c1-2-15(28-18(19)24)29-13-7-12-8-14(22)20(12)16(13)17(23)27-9-10-3-5-11(6-4-10)21(25)26/h3-6,12,15H,2,7-9H2,1H3,(H2,19,24). The van der Waals surface area contributed by atoms with Gasteiger partial charge in [0, 0.05) is 29.9 Å². The summed E-state index contributed by atoms with van der Waals surface area (Å²) in [6, 6.07) is 5.53. The summed E-state index contributed by atoms with van der Waals surface area (Å²) in [4.78, 5) is 48.0. The predicted octanol–water partition coefficient (Wildman–Crippen LogP) is 2.42. The molecule has 0 aromatic heterocycles. The maximum atomic E-state index is 12.7. The number of nitrogens with zero attached hydrogens (tertiary/aromatic N) is 2. The van der Waals surface area contributed by atoms with Gasteiger partial charge in [0.2, 0.25) is 5.91 Å². The van der Waals surface area contributed by atoms with Crippen molar-refractivity contribution in [3.8, 4) is 0 Å². The van der Waals surface area contributed by atoms with E-state index in [1.165, 1.54) is 40.9 Å². The van der Waals surface area contributed by atoms with E-state index in [2.05, 4.69) is 0 Å². The van der Waals surface area contributed by atoms with Crippen molar-refractivity contribution >= 4 is 35.4 Å². The molecule has 2 aliphatic heterocycles. The van der Waals surface area contributed by atoms with Crippen LogP contribution in [0.2, 0.25) is 0 Å². The number of carbonyl (C=O) groups is 3. The van der Waals surface area contributed by atoms with E-state index < -0.39 is 22.4 Å². The molecule has 154 valence electrons. The maximum absolute atomic E-state index is 12.7. The van der Waals surface area contributed by atoms with Gasteiger partial charge in [0.05, 0.1) is 11.0 Å². The second kappa shape index (κ2) is 8.52. The largest absolute Gasteiger partial charge is 0.456 e. The quantitative estimate of drug-likeness (QED) is 0.222. The van der Waals surface area contributed by atoms with Crippen LogP contribution < -0.4 is 5.73 Å². The highest BCUT2D eigenvalue weighted by molar-refractivity contribution is 8.03. The Morgan fingerprint density at radius 2 is 2.03 bits per heavy atom. The topological polar surface area (TPSA) is 142 Å². The number of benzene rings is 1. The Morgan fingerprint density at radius 1 is 1.34 bits per heavy atom. The first-order valence-electron chi connectivity index (χ1n) is 8.88. The lowest BCUT2D eigenvalue weighted by Crippen LogP contribution is -2.49. The van der Waals surface area contributed by atoms with Gasteiger partial charge in [0.25, 0.3) is 5.69 Å². The number of nitro benzene ring substituents is 1. The summed E-state index contributed by atoms with van der Waals surface area (Å²) in [5, 5.41) is 10.7. The molecule has 1 fully saturated rings. The fraction of sp³-hybridized carbons (Fsp3) is 0.389. The first-order chi connectivity index (χ1) is 13.8. The monoisotopic (exact) mass is 421 g/mol. The van der Waals surface area contributed by atoms with Gasteiger partial charge in [-0.2, -0.15) is 0 Å². The molecule has 2 aliphatic rings. The van der Waals surface area contributed by atoms with Gasteiger partial charge in [-0.1, -0.05) is 18.7 Å². The van der Waals surface area contributed by atoms with Crippen LogP contribution in [-0.4, -0.2) is 39.3 Å². The van der Waals surface area contributed by atoms with Crippen LogP contribution in [0.15, 0.2) is 34.9 Å². The van der Waals surface area contributed by atoms with E-state index in [1.807, 2.05) is 6.92 Å². The summed E-state index contributed by atoms with van der Waals surface area (Å²) in [6.07, 6.45) is 0.388. The van der Waals surface area contributed by atoms with Gasteiger partial charge in [-0.15, -0.1) is 0 Å². The number of nitro groups is 1. The Labute approximate surface area is 170 Å². The zero-order valence-corrected chi connectivity index (χ0v) is 16.3. The molecule has 29 heavy (non-hydrogen) atoms. The Bertz CT molecular complexity index is 884. The van der Waals surface area contributed by atoms with Crippen molar-refractivity contribution in [3.63, 3.8) is 0 Å². The third-order valence-electron chi connectivity index (χ3n) is 4.54. The van der Waals surface area contributed by atoms with Crippen molar-refractivity contribution in [2.24, 2.45) is 5.73 Å². The van der Waals surface area contributed by atoms with E-state index in [4.69, 9.17) is 15.2 Å². The maximum Gasteiger partial charge on any atom is 0.405 e. The molecular weight excluding hydrogens is 402 g/mol. The van der Waals surface area contributed by atoms with Crippen molar-refractivity contribution in [2.75, 3.05) is 0 Å². The number of β-lactam (4-membered cyclic amide) rings is 1. The Hall–Kier alpha value is -3.08. The van der Waals surface area contributed by atoms with E-state index in [-0.39, 0.29) is 29.9 Å². The molecule has 2 unspecified atom stereocenters. The summed E-state index contributed by atoms with van der Waals surface area (Å²) < 4.78 is 10.4. The molecule has 2 N–H and O–H groups in total. The van der Waals surface area contributed by atoms with Gasteiger partial charge in [0.15, 0.2) is 5.44 Å². The highest BCUT2D eigenvalue weighted by Crippen LogP contribution is 2.45. The van der Waals surface area contributed by atoms with E-state index in [9.17, 15) is 24.5 Å². The molecule has 1 aromatic carbocycles. The Morgan fingerprint density at radius 3 is 2.59 bits per heavy atom. The van der Waals surface area contributed by atoms with E-state index >= 15 is 0 Å². The molecule has 11 heteroatoms. The summed E-state index contributed by atoms with van der Waals surface area (Å²) in [7, 11) is 0. The highest BCUT2D eigenvalue weighted by Gasteiger charge is 2.48. The SMILES string of the molecule is CCC(OC(N)=O)SC1=C(C(=O)OCc2ccc([N+](=O)[O-])cc2)N2C(=O)CC2C1. The molecule has 2 heterocycles. The van der Waals surface area contributed by atoms with Crippen molar-refractivity contribution < 1.29 is 28.8 Å². The van der Waals surface area contributed by atoms with E-state index in [0.29, 0.717) is 29.7 Å². The van der Waals surface area contributed by atoms with Crippen molar-refractivity contribution in [3.05, 3.63) is 50.5 Å². The van der Waals surface area contributed by atoms with Crippen LogP contribution in [0.3, 0.4) is 0 Å². The minimum atomic E-state index is -0.912. The smallest absolute Gasteiger partial charge is 0.405 e. The summed E-state index contributed by atoms with van der Waals surface area (Å²) in [6.45, 7) is 1.71. The fourth-order valence-corrected chi connectivity index (χ4v) is 4.33. The number of thioether (sulfide) groups is 1. The number of rotatable bonds is 8. The van der Waals surface area contributed by atoms with Gasteiger partial charge in [-0.25, -0.2) is 9.59 Å². The minimum absolute atomic E-state index is 0.0636. The lowest BCUT2D eigenvalue weighted by Gasteiger charge is -2.35. The fourth-order valence-electron chi connectivity index (χ4n) is 3.12. The average molecular weight is 421 g/mol. The van der Waals surface area contributed by atoms with Crippen molar-refractivity contribution in [1.29, 1.82) is 0 Å². The highest BCUT2D eigenvalue weighted by atomic mass is 32.2. The third-order valence-corrected chi connectivity index (χ3v) is 5.87. The van der Waals surface area contributed by atoms with Gasteiger partial charge in [-0.3, -0.25) is 14.9 Å².